The van der Waals surface area contributed by atoms with Gasteiger partial charge in [0.05, 0.1) is 0 Å². The molecule has 0 spiro atoms. The number of amides is 1. The molecule has 0 aliphatic carbocycles. The third-order valence-corrected chi connectivity index (χ3v) is 4.70. The fourth-order valence-electron chi connectivity index (χ4n) is 3.37. The van der Waals surface area contributed by atoms with Crippen molar-refractivity contribution in [2.75, 3.05) is 13.2 Å². The van der Waals surface area contributed by atoms with Gasteiger partial charge in [0.15, 0.2) is 6.61 Å². The van der Waals surface area contributed by atoms with E-state index in [2.05, 4.69) is 10.6 Å². The van der Waals surface area contributed by atoms with E-state index in [1.807, 2.05) is 63.2 Å². The van der Waals surface area contributed by atoms with Crippen LogP contribution in [0.25, 0.3) is 10.8 Å². The Bertz CT molecular complexity index is 1010. The van der Waals surface area contributed by atoms with Gasteiger partial charge in [-0.05, 0) is 62.2 Å². The fourth-order valence-corrected chi connectivity index (χ4v) is 3.37. The van der Waals surface area contributed by atoms with E-state index in [4.69, 9.17) is 4.74 Å². The largest absolute Gasteiger partial charge is 0.483 e. The molecule has 0 saturated carbocycles. The van der Waals surface area contributed by atoms with E-state index in [0.29, 0.717) is 30.8 Å². The van der Waals surface area contributed by atoms with Gasteiger partial charge in [0.2, 0.25) is 0 Å². The van der Waals surface area contributed by atoms with Gasteiger partial charge in [0.1, 0.15) is 11.6 Å². The molecule has 0 aliphatic rings. The summed E-state index contributed by atoms with van der Waals surface area (Å²) in [6.07, 6.45) is 0.599. The van der Waals surface area contributed by atoms with Crippen LogP contribution in [-0.4, -0.2) is 24.6 Å². The quantitative estimate of drug-likeness (QED) is 0.536. The van der Waals surface area contributed by atoms with E-state index in [0.717, 1.165) is 16.3 Å². The molecular weight excluding hydrogens is 379 g/mol. The van der Waals surface area contributed by atoms with Crippen molar-refractivity contribution in [1.82, 2.24) is 10.6 Å². The van der Waals surface area contributed by atoms with Gasteiger partial charge in [-0.1, -0.05) is 48.5 Å². The first-order valence-corrected chi connectivity index (χ1v) is 10.2. The average Bonchev–Trinajstić information content (AvgIpc) is 2.70. The minimum Gasteiger partial charge on any atom is -0.483 e. The third kappa shape index (κ3) is 6.04. The number of benzene rings is 3. The number of hydrogen-bond donors (Lipinski definition) is 2. The van der Waals surface area contributed by atoms with Crippen molar-refractivity contribution in [2.24, 2.45) is 0 Å². The number of hydrogen-bond acceptors (Lipinski definition) is 3. The molecule has 0 atom stereocenters. The van der Waals surface area contributed by atoms with E-state index in [1.165, 1.54) is 6.07 Å². The van der Waals surface area contributed by atoms with Crippen LogP contribution in [0.4, 0.5) is 4.39 Å². The van der Waals surface area contributed by atoms with Crippen LogP contribution in [0.5, 0.6) is 5.75 Å². The Hall–Kier alpha value is -2.92. The Morgan fingerprint density at radius 2 is 1.73 bits per heavy atom. The predicted octanol–water partition coefficient (Wildman–Crippen LogP) is 4.60. The molecule has 5 heteroatoms. The number of carbonyl (C=O) groups excluding carboxylic acids is 1. The summed E-state index contributed by atoms with van der Waals surface area (Å²) in [5, 5.41) is 8.48. The Labute approximate surface area is 177 Å². The van der Waals surface area contributed by atoms with E-state index >= 15 is 0 Å². The van der Waals surface area contributed by atoms with Crippen LogP contribution >= 0.6 is 0 Å². The highest BCUT2D eigenvalue weighted by atomic mass is 19.1. The first-order chi connectivity index (χ1) is 14.3. The fraction of sp³-hybridized carbons (Fsp3) is 0.320. The zero-order valence-electron chi connectivity index (χ0n) is 17.8. The molecule has 3 rings (SSSR count). The summed E-state index contributed by atoms with van der Waals surface area (Å²) in [5.74, 6) is 0.337. The molecule has 30 heavy (non-hydrogen) atoms. The van der Waals surface area contributed by atoms with Gasteiger partial charge in [-0.25, -0.2) is 4.39 Å². The Balaban J connectivity index is 1.70. The monoisotopic (exact) mass is 408 g/mol. The molecule has 2 N–H and O–H groups in total. The van der Waals surface area contributed by atoms with Crippen molar-refractivity contribution in [3.05, 3.63) is 77.6 Å². The van der Waals surface area contributed by atoms with E-state index in [9.17, 15) is 9.18 Å². The number of fused-ring (bicyclic) bond motifs is 1. The van der Waals surface area contributed by atoms with Crippen LogP contribution in [0.1, 0.15) is 31.9 Å². The zero-order valence-corrected chi connectivity index (χ0v) is 17.8. The zero-order chi connectivity index (χ0) is 21.6. The lowest BCUT2D eigenvalue weighted by atomic mass is 10.0. The summed E-state index contributed by atoms with van der Waals surface area (Å²) in [7, 11) is 0. The smallest absolute Gasteiger partial charge is 0.258 e. The summed E-state index contributed by atoms with van der Waals surface area (Å²) in [6, 6.07) is 18.8. The maximum atomic E-state index is 13.8. The second kappa shape index (κ2) is 9.72. The summed E-state index contributed by atoms with van der Waals surface area (Å²) in [6.45, 7) is 6.96. The second-order valence-electron chi connectivity index (χ2n) is 8.37. The van der Waals surface area contributed by atoms with Gasteiger partial charge in [-0.2, -0.15) is 0 Å². The van der Waals surface area contributed by atoms with E-state index < -0.39 is 0 Å². The van der Waals surface area contributed by atoms with Gasteiger partial charge in [-0.15, -0.1) is 0 Å². The topological polar surface area (TPSA) is 50.4 Å². The number of carbonyl (C=O) groups is 1. The Morgan fingerprint density at radius 3 is 2.50 bits per heavy atom. The van der Waals surface area contributed by atoms with Gasteiger partial charge in [-0.3, -0.25) is 4.79 Å². The molecule has 1 amide bonds. The standard InChI is InChI=1S/C25H29FN2O2/c1-25(2,3)28-24(29)17-30-23-13-12-18-8-4-6-10-20(18)21(23)16-27-15-14-19-9-5-7-11-22(19)26/h4-13,27H,14-17H2,1-3H3,(H,28,29). The molecule has 0 heterocycles. The van der Waals surface area contributed by atoms with Crippen molar-refractivity contribution < 1.29 is 13.9 Å². The van der Waals surface area contributed by atoms with Crippen LogP contribution in [0.3, 0.4) is 0 Å². The van der Waals surface area contributed by atoms with Crippen molar-refractivity contribution in [2.45, 2.75) is 39.3 Å². The number of halogens is 1. The summed E-state index contributed by atoms with van der Waals surface area (Å²) in [4.78, 5) is 12.2. The molecule has 158 valence electrons. The number of rotatable bonds is 8. The molecule has 0 aliphatic heterocycles. The molecular formula is C25H29FN2O2. The average molecular weight is 409 g/mol. The minimum absolute atomic E-state index is 0.0438. The second-order valence-corrected chi connectivity index (χ2v) is 8.37. The van der Waals surface area contributed by atoms with Gasteiger partial charge in [0, 0.05) is 17.6 Å². The molecule has 3 aromatic rings. The number of nitrogens with one attached hydrogen (secondary N) is 2. The molecule has 4 nitrogen and oxygen atoms in total. The van der Waals surface area contributed by atoms with Crippen LogP contribution in [0.15, 0.2) is 60.7 Å². The molecule has 3 aromatic carbocycles. The highest BCUT2D eigenvalue weighted by Crippen LogP contribution is 2.28. The van der Waals surface area contributed by atoms with Gasteiger partial charge >= 0.3 is 0 Å². The van der Waals surface area contributed by atoms with Crippen molar-refractivity contribution in [3.8, 4) is 5.75 Å². The maximum absolute atomic E-state index is 13.8. The molecule has 0 saturated heterocycles. The highest BCUT2D eigenvalue weighted by Gasteiger charge is 2.15. The lowest BCUT2D eigenvalue weighted by Crippen LogP contribution is -2.43. The predicted molar refractivity (Wildman–Crippen MR) is 119 cm³/mol. The van der Waals surface area contributed by atoms with E-state index in [1.54, 1.807) is 12.1 Å². The lowest BCUT2D eigenvalue weighted by Gasteiger charge is -2.21. The maximum Gasteiger partial charge on any atom is 0.258 e. The Morgan fingerprint density at radius 1 is 1.00 bits per heavy atom. The summed E-state index contributed by atoms with van der Waals surface area (Å²) in [5.41, 5.74) is 1.38. The van der Waals surface area contributed by atoms with Gasteiger partial charge < -0.3 is 15.4 Å². The Kier molecular flexibility index (Phi) is 7.06. The highest BCUT2D eigenvalue weighted by molar-refractivity contribution is 5.88. The van der Waals surface area contributed by atoms with Crippen molar-refractivity contribution in [3.63, 3.8) is 0 Å². The van der Waals surface area contributed by atoms with Crippen LogP contribution in [0, 0.1) is 5.82 Å². The number of ether oxygens (including phenoxy) is 1. The third-order valence-electron chi connectivity index (χ3n) is 4.70. The molecule has 0 radical (unpaired) electrons. The normalized spacial score (nSPS) is 11.5. The van der Waals surface area contributed by atoms with Crippen LogP contribution in [0.2, 0.25) is 0 Å². The molecule has 0 fully saturated rings. The SMILES string of the molecule is CC(C)(C)NC(=O)COc1ccc2ccccc2c1CNCCc1ccccc1F. The molecule has 0 bridgehead atoms. The van der Waals surface area contributed by atoms with E-state index in [-0.39, 0.29) is 23.9 Å². The molecule has 0 aromatic heterocycles. The molecule has 0 unspecified atom stereocenters. The van der Waals surface area contributed by atoms with Crippen molar-refractivity contribution >= 4 is 16.7 Å². The first-order valence-electron chi connectivity index (χ1n) is 10.2. The van der Waals surface area contributed by atoms with Crippen molar-refractivity contribution in [1.29, 1.82) is 0 Å². The first kappa shape index (κ1) is 21.8. The minimum atomic E-state index is -0.305. The van der Waals surface area contributed by atoms with Crippen LogP contribution < -0.4 is 15.4 Å². The lowest BCUT2D eigenvalue weighted by molar-refractivity contribution is -0.124. The van der Waals surface area contributed by atoms with Crippen LogP contribution in [-0.2, 0) is 17.8 Å². The summed E-state index contributed by atoms with van der Waals surface area (Å²) >= 11 is 0. The van der Waals surface area contributed by atoms with Gasteiger partial charge in [0.25, 0.3) is 5.91 Å². The summed E-state index contributed by atoms with van der Waals surface area (Å²) < 4.78 is 19.7.